The summed E-state index contributed by atoms with van der Waals surface area (Å²) in [6.07, 6.45) is 0.342. The number of fused-ring (bicyclic) bond motifs is 1. The van der Waals surface area contributed by atoms with Crippen molar-refractivity contribution in [1.29, 1.82) is 0 Å². The SMILES string of the molecule is CC(=O)Oc1ccc([C@@]2(C)Cc3cc(OCC(=O)O)c(Cl)c(Cl)c3C2=O)cc1. The number of hydrogen-bond acceptors (Lipinski definition) is 5. The Morgan fingerprint density at radius 3 is 2.39 bits per heavy atom. The summed E-state index contributed by atoms with van der Waals surface area (Å²) >= 11 is 12.5. The fraction of sp³-hybridized carbons (Fsp3) is 0.250. The lowest BCUT2D eigenvalue weighted by Gasteiger charge is -2.22. The van der Waals surface area contributed by atoms with Crippen LogP contribution in [0.4, 0.5) is 0 Å². The van der Waals surface area contributed by atoms with Gasteiger partial charge in [0.25, 0.3) is 0 Å². The first-order valence-electron chi connectivity index (χ1n) is 8.32. The molecule has 0 aromatic heterocycles. The zero-order valence-corrected chi connectivity index (χ0v) is 16.6. The summed E-state index contributed by atoms with van der Waals surface area (Å²) in [6.45, 7) is 2.53. The van der Waals surface area contributed by atoms with E-state index in [9.17, 15) is 14.4 Å². The fourth-order valence-corrected chi connectivity index (χ4v) is 3.81. The van der Waals surface area contributed by atoms with Gasteiger partial charge in [-0.1, -0.05) is 35.3 Å². The lowest BCUT2D eigenvalue weighted by Crippen LogP contribution is -2.29. The van der Waals surface area contributed by atoms with E-state index in [1.165, 1.54) is 6.92 Å². The highest BCUT2D eigenvalue weighted by molar-refractivity contribution is 6.45. The van der Waals surface area contributed by atoms with Gasteiger partial charge in [0.1, 0.15) is 16.5 Å². The van der Waals surface area contributed by atoms with Crippen molar-refractivity contribution < 1.29 is 29.0 Å². The summed E-state index contributed by atoms with van der Waals surface area (Å²) in [5.41, 5.74) is 0.771. The number of ketones is 1. The van der Waals surface area contributed by atoms with E-state index < -0.39 is 24.0 Å². The Morgan fingerprint density at radius 2 is 1.82 bits per heavy atom. The van der Waals surface area contributed by atoms with Crippen LogP contribution in [0.25, 0.3) is 0 Å². The maximum atomic E-state index is 13.2. The van der Waals surface area contributed by atoms with E-state index in [0.717, 1.165) is 5.56 Å². The standard InChI is InChI=1S/C20H16Cl2O6/c1-10(23)28-13-5-3-12(4-6-13)20(2)8-11-7-14(27-9-15(24)25)17(21)18(22)16(11)19(20)26/h3-7H,8-9H2,1-2H3,(H,24,25)/t20-/m1/s1. The number of carboxylic acids is 1. The molecule has 0 heterocycles. The minimum atomic E-state index is -1.15. The molecule has 146 valence electrons. The Morgan fingerprint density at radius 1 is 1.18 bits per heavy atom. The maximum Gasteiger partial charge on any atom is 0.341 e. The van der Waals surface area contributed by atoms with Gasteiger partial charge < -0.3 is 14.6 Å². The summed E-state index contributed by atoms with van der Waals surface area (Å²) < 4.78 is 10.2. The van der Waals surface area contributed by atoms with E-state index in [-0.39, 0.29) is 21.6 Å². The largest absolute Gasteiger partial charge is 0.480 e. The van der Waals surface area contributed by atoms with Crippen LogP contribution in [0.5, 0.6) is 11.5 Å². The first-order valence-corrected chi connectivity index (χ1v) is 9.08. The van der Waals surface area contributed by atoms with E-state index >= 15 is 0 Å². The normalized spacial score (nSPS) is 17.9. The molecule has 0 aliphatic heterocycles. The molecule has 1 aliphatic carbocycles. The smallest absolute Gasteiger partial charge is 0.341 e. The number of hydrogen-bond donors (Lipinski definition) is 1. The van der Waals surface area contributed by atoms with E-state index in [4.69, 9.17) is 37.8 Å². The number of esters is 1. The van der Waals surface area contributed by atoms with Gasteiger partial charge in [0.05, 0.1) is 10.4 Å². The summed E-state index contributed by atoms with van der Waals surface area (Å²) in [4.78, 5) is 35.0. The van der Waals surface area contributed by atoms with Gasteiger partial charge >= 0.3 is 11.9 Å². The Bertz CT molecular complexity index is 983. The van der Waals surface area contributed by atoms with E-state index in [1.54, 1.807) is 37.3 Å². The third-order valence-corrected chi connectivity index (χ3v) is 5.48. The molecule has 2 aromatic rings. The van der Waals surface area contributed by atoms with Crippen LogP contribution >= 0.6 is 23.2 Å². The third-order valence-electron chi connectivity index (χ3n) is 4.63. The van der Waals surface area contributed by atoms with Gasteiger partial charge in [-0.25, -0.2) is 4.79 Å². The van der Waals surface area contributed by atoms with Crippen molar-refractivity contribution in [1.82, 2.24) is 0 Å². The van der Waals surface area contributed by atoms with Crippen molar-refractivity contribution in [2.45, 2.75) is 25.7 Å². The van der Waals surface area contributed by atoms with Crippen molar-refractivity contribution >= 4 is 40.9 Å². The molecule has 0 amide bonds. The van der Waals surface area contributed by atoms with Crippen LogP contribution in [-0.2, 0) is 21.4 Å². The molecule has 0 saturated heterocycles. The van der Waals surface area contributed by atoms with Gasteiger partial charge in [0.15, 0.2) is 12.4 Å². The number of halogens is 2. The van der Waals surface area contributed by atoms with Crippen LogP contribution in [0.2, 0.25) is 10.0 Å². The highest BCUT2D eigenvalue weighted by Crippen LogP contribution is 2.47. The number of Topliss-reactive ketones (excluding diaryl/α,β-unsaturated/α-hetero) is 1. The first-order chi connectivity index (χ1) is 13.1. The summed E-state index contributed by atoms with van der Waals surface area (Å²) in [5, 5.41) is 8.84. The number of carboxylic acid groups (broad SMARTS) is 1. The summed E-state index contributed by atoms with van der Waals surface area (Å²) in [5.74, 6) is -1.28. The average Bonchev–Trinajstić information content (AvgIpc) is 2.88. The molecule has 1 atom stereocenters. The molecule has 1 N–H and O–H groups in total. The van der Waals surface area contributed by atoms with E-state index in [2.05, 4.69) is 0 Å². The van der Waals surface area contributed by atoms with Gasteiger partial charge in [-0.05, 0) is 42.7 Å². The molecule has 0 radical (unpaired) electrons. The number of rotatable bonds is 5. The van der Waals surface area contributed by atoms with Crippen LogP contribution in [0.15, 0.2) is 30.3 Å². The second kappa shape index (κ2) is 7.45. The van der Waals surface area contributed by atoms with Gasteiger partial charge in [-0.2, -0.15) is 0 Å². The molecule has 28 heavy (non-hydrogen) atoms. The van der Waals surface area contributed by atoms with Crippen molar-refractivity contribution in [3.8, 4) is 11.5 Å². The Kier molecular flexibility index (Phi) is 5.37. The molecular formula is C20H16Cl2O6. The number of ether oxygens (including phenoxy) is 2. The number of benzene rings is 2. The molecule has 0 saturated carbocycles. The molecule has 0 spiro atoms. The minimum absolute atomic E-state index is 0.00414. The molecule has 8 heteroatoms. The zero-order valence-electron chi connectivity index (χ0n) is 15.0. The first kappa shape index (κ1) is 20.2. The third kappa shape index (κ3) is 3.57. The molecule has 0 bridgehead atoms. The van der Waals surface area contributed by atoms with Crippen molar-refractivity contribution in [2.75, 3.05) is 6.61 Å². The number of aliphatic carboxylic acids is 1. The monoisotopic (exact) mass is 422 g/mol. The molecule has 1 aliphatic rings. The summed E-state index contributed by atoms with van der Waals surface area (Å²) in [7, 11) is 0. The number of carbonyl (C=O) groups excluding carboxylic acids is 2. The van der Waals surface area contributed by atoms with Crippen molar-refractivity contribution in [2.24, 2.45) is 0 Å². The predicted molar refractivity (Wildman–Crippen MR) is 103 cm³/mol. The fourth-order valence-electron chi connectivity index (χ4n) is 3.31. The van der Waals surface area contributed by atoms with Gasteiger partial charge in [-0.3, -0.25) is 9.59 Å². The Labute approximate surface area is 171 Å². The van der Waals surface area contributed by atoms with Crippen LogP contribution < -0.4 is 9.47 Å². The lowest BCUT2D eigenvalue weighted by atomic mass is 9.79. The number of carbonyl (C=O) groups is 3. The van der Waals surface area contributed by atoms with Gasteiger partial charge in [-0.15, -0.1) is 0 Å². The predicted octanol–water partition coefficient (Wildman–Crippen LogP) is 4.08. The molecule has 0 fully saturated rings. The Balaban J connectivity index is 1.97. The van der Waals surface area contributed by atoms with Crippen LogP contribution in [-0.4, -0.2) is 29.4 Å². The van der Waals surface area contributed by atoms with Gasteiger partial charge in [0.2, 0.25) is 0 Å². The molecule has 3 rings (SSSR count). The van der Waals surface area contributed by atoms with Crippen LogP contribution in [0.3, 0.4) is 0 Å². The van der Waals surface area contributed by atoms with Gasteiger partial charge in [0, 0.05) is 12.5 Å². The quantitative estimate of drug-likeness (QED) is 0.576. The van der Waals surface area contributed by atoms with Crippen molar-refractivity contribution in [3.63, 3.8) is 0 Å². The zero-order chi connectivity index (χ0) is 20.6. The molecular weight excluding hydrogens is 407 g/mol. The Hall–Kier alpha value is -2.57. The topological polar surface area (TPSA) is 89.9 Å². The second-order valence-corrected chi connectivity index (χ2v) is 7.43. The van der Waals surface area contributed by atoms with Crippen LogP contribution in [0.1, 0.15) is 35.3 Å². The molecule has 6 nitrogen and oxygen atoms in total. The molecule has 0 unspecified atom stereocenters. The second-order valence-electron chi connectivity index (χ2n) is 6.68. The highest BCUT2D eigenvalue weighted by atomic mass is 35.5. The van der Waals surface area contributed by atoms with Crippen molar-refractivity contribution in [3.05, 3.63) is 57.1 Å². The van der Waals surface area contributed by atoms with E-state index in [1.807, 2.05) is 0 Å². The maximum absolute atomic E-state index is 13.2. The highest BCUT2D eigenvalue weighted by Gasteiger charge is 2.45. The minimum Gasteiger partial charge on any atom is -0.480 e. The van der Waals surface area contributed by atoms with Crippen LogP contribution in [0, 0.1) is 0 Å². The van der Waals surface area contributed by atoms with E-state index in [0.29, 0.717) is 23.3 Å². The average molecular weight is 423 g/mol. The summed E-state index contributed by atoms with van der Waals surface area (Å²) in [6, 6.07) is 8.24. The molecule has 2 aromatic carbocycles. The lowest BCUT2D eigenvalue weighted by molar-refractivity contribution is -0.139.